The van der Waals surface area contributed by atoms with Crippen molar-refractivity contribution in [3.63, 3.8) is 0 Å². The lowest BCUT2D eigenvalue weighted by Crippen LogP contribution is -2.62. The molecule has 14 heteroatoms. The van der Waals surface area contributed by atoms with Crippen molar-refractivity contribution in [2.24, 2.45) is 0 Å². The fourth-order valence-corrected chi connectivity index (χ4v) is 8.30. The summed E-state index contributed by atoms with van der Waals surface area (Å²) in [4.78, 5) is 28.2. The van der Waals surface area contributed by atoms with Gasteiger partial charge in [-0.05, 0) is 63.0 Å². The van der Waals surface area contributed by atoms with Crippen LogP contribution in [0.1, 0.15) is 53.5 Å². The van der Waals surface area contributed by atoms with E-state index < -0.39 is 65.5 Å². The maximum atomic E-state index is 14.7. The SMILES string of the molecule is COCO[C@H]1CCN(C(=O)OC(C)(C)C)[C@H]1[C@H](O)[C@@H]([C@@H](CO[Si](C)(C)C(C)(C)C)NC(=O)OCc1ccccc1)S(=O)(=O)c1ccccc1. The third kappa shape index (κ3) is 11.0. The van der Waals surface area contributed by atoms with Crippen LogP contribution in [0.3, 0.4) is 0 Å². The van der Waals surface area contributed by atoms with Crippen molar-refractivity contribution in [1.29, 1.82) is 0 Å². The van der Waals surface area contributed by atoms with Gasteiger partial charge in [0.1, 0.15) is 24.3 Å². The van der Waals surface area contributed by atoms with Crippen LogP contribution in [0.25, 0.3) is 0 Å². The van der Waals surface area contributed by atoms with Gasteiger partial charge in [0.05, 0.1) is 35.8 Å². The van der Waals surface area contributed by atoms with E-state index >= 15 is 0 Å². The second-order valence-electron chi connectivity index (χ2n) is 14.8. The fraction of sp³-hybridized carbons (Fsp3) is 0.600. The number of hydrogen-bond donors (Lipinski definition) is 2. The number of hydrogen-bond acceptors (Lipinski definition) is 10. The molecule has 2 aromatic rings. The predicted molar refractivity (Wildman–Crippen MR) is 188 cm³/mol. The maximum absolute atomic E-state index is 14.7. The molecule has 2 amide bonds. The zero-order chi connectivity index (χ0) is 36.6. The van der Waals surface area contributed by atoms with Crippen LogP contribution in [-0.4, -0.2) is 101 Å². The van der Waals surface area contributed by atoms with Crippen LogP contribution in [0.4, 0.5) is 9.59 Å². The lowest BCUT2D eigenvalue weighted by atomic mass is 9.98. The van der Waals surface area contributed by atoms with E-state index in [9.17, 15) is 23.1 Å². The van der Waals surface area contributed by atoms with Gasteiger partial charge < -0.3 is 33.8 Å². The van der Waals surface area contributed by atoms with Crippen LogP contribution in [0.5, 0.6) is 0 Å². The Bertz CT molecular complexity index is 1460. The van der Waals surface area contributed by atoms with Crippen molar-refractivity contribution in [2.45, 2.75) is 113 Å². The van der Waals surface area contributed by atoms with Gasteiger partial charge in [0.25, 0.3) is 0 Å². The number of carbonyl (C=O) groups is 2. The minimum absolute atomic E-state index is 0.0664. The van der Waals surface area contributed by atoms with Crippen molar-refractivity contribution >= 4 is 30.3 Å². The summed E-state index contributed by atoms with van der Waals surface area (Å²) in [7, 11) is -5.52. The number of aliphatic hydroxyl groups excluding tert-OH is 1. The minimum atomic E-state index is -4.43. The van der Waals surface area contributed by atoms with E-state index in [0.29, 0.717) is 0 Å². The first-order valence-corrected chi connectivity index (χ1v) is 20.9. The molecule has 3 rings (SSSR count). The predicted octanol–water partition coefficient (Wildman–Crippen LogP) is 5.51. The van der Waals surface area contributed by atoms with Crippen LogP contribution in [0.15, 0.2) is 65.6 Å². The molecule has 0 bridgehead atoms. The van der Waals surface area contributed by atoms with E-state index in [4.69, 9.17) is 23.4 Å². The highest BCUT2D eigenvalue weighted by Crippen LogP contribution is 2.38. The number of nitrogens with zero attached hydrogens (tertiary/aromatic N) is 1. The third-order valence-corrected chi connectivity index (χ3v) is 15.6. The Morgan fingerprint density at radius 1 is 1.00 bits per heavy atom. The maximum Gasteiger partial charge on any atom is 0.410 e. The number of nitrogens with one attached hydrogen (secondary N) is 1. The second kappa shape index (κ2) is 16.8. The fourth-order valence-electron chi connectivity index (χ4n) is 5.31. The molecule has 0 radical (unpaired) electrons. The highest BCUT2D eigenvalue weighted by atomic mass is 32.2. The highest BCUT2D eigenvalue weighted by Gasteiger charge is 2.52. The summed E-state index contributed by atoms with van der Waals surface area (Å²) in [5.74, 6) is 0. The molecule has 2 N–H and O–H groups in total. The van der Waals surface area contributed by atoms with Crippen LogP contribution in [0.2, 0.25) is 18.1 Å². The lowest BCUT2D eigenvalue weighted by molar-refractivity contribution is -0.0993. The molecule has 2 aromatic carbocycles. The van der Waals surface area contributed by atoms with Gasteiger partial charge in [-0.1, -0.05) is 69.3 Å². The molecule has 1 aliphatic rings. The summed E-state index contributed by atoms with van der Waals surface area (Å²) < 4.78 is 58.1. The van der Waals surface area contributed by atoms with Crippen molar-refractivity contribution in [1.82, 2.24) is 10.2 Å². The van der Waals surface area contributed by atoms with Gasteiger partial charge in [-0.25, -0.2) is 18.0 Å². The van der Waals surface area contributed by atoms with Crippen LogP contribution in [-0.2, 0) is 39.8 Å². The van der Waals surface area contributed by atoms with Crippen LogP contribution >= 0.6 is 0 Å². The quantitative estimate of drug-likeness (QED) is 0.189. The standard InChI is InChI=1S/C35H54N2O10SSi/c1-34(2,3)47-33(40)37-21-20-28(45-24-43-7)29(37)30(38)31(48(41,42)26-18-14-11-15-19-26)27(23-46-49(8,9)35(4,5)6)36-32(39)44-22-25-16-12-10-13-17-25/h10-19,27-31,38H,20-24H2,1-9H3,(H,36,39)/t27-,28+,29-,30+,31-/m1/s1. The first-order valence-electron chi connectivity index (χ1n) is 16.5. The van der Waals surface area contributed by atoms with Gasteiger partial charge in [-0.2, -0.15) is 0 Å². The zero-order valence-corrected chi connectivity index (χ0v) is 32.0. The number of alkyl carbamates (subject to hydrolysis) is 1. The van der Waals surface area contributed by atoms with E-state index in [1.165, 1.54) is 24.1 Å². The number of rotatable bonds is 14. The molecule has 49 heavy (non-hydrogen) atoms. The van der Waals surface area contributed by atoms with Crippen molar-refractivity contribution < 1.29 is 46.5 Å². The first kappa shape index (κ1) is 40.4. The Labute approximate surface area is 292 Å². The average Bonchev–Trinajstić information content (AvgIpc) is 3.45. The summed E-state index contributed by atoms with van der Waals surface area (Å²) in [6, 6.07) is 14.2. The highest BCUT2D eigenvalue weighted by molar-refractivity contribution is 7.92. The van der Waals surface area contributed by atoms with Gasteiger partial charge in [0, 0.05) is 13.7 Å². The Morgan fingerprint density at radius 2 is 1.59 bits per heavy atom. The number of benzene rings is 2. The molecule has 0 saturated carbocycles. The molecular formula is C35H54N2O10SSi. The van der Waals surface area contributed by atoms with Crippen molar-refractivity contribution in [3.05, 3.63) is 66.2 Å². The Kier molecular flexibility index (Phi) is 13.9. The first-order chi connectivity index (χ1) is 22.8. The molecule has 1 heterocycles. The third-order valence-electron chi connectivity index (χ3n) is 8.88. The summed E-state index contributed by atoms with van der Waals surface area (Å²) in [6.07, 6.45) is -3.96. The summed E-state index contributed by atoms with van der Waals surface area (Å²) in [6.45, 7) is 14.9. The smallest absolute Gasteiger partial charge is 0.410 e. The molecule has 1 saturated heterocycles. The number of amides is 2. The number of carbonyl (C=O) groups excluding carboxylic acids is 2. The molecular weight excluding hydrogens is 669 g/mol. The average molecular weight is 723 g/mol. The molecule has 0 aromatic heterocycles. The molecule has 274 valence electrons. The van der Waals surface area contributed by atoms with Gasteiger partial charge in [0.15, 0.2) is 18.2 Å². The van der Waals surface area contributed by atoms with Gasteiger partial charge >= 0.3 is 12.2 Å². The Hall–Kier alpha value is -3.01. The normalized spacial score (nSPS) is 19.2. The largest absolute Gasteiger partial charge is 0.445 e. The van der Waals surface area contributed by atoms with Crippen molar-refractivity contribution in [3.8, 4) is 0 Å². The van der Waals surface area contributed by atoms with E-state index in [0.717, 1.165) is 5.56 Å². The zero-order valence-electron chi connectivity index (χ0n) is 30.2. The number of methoxy groups -OCH3 is 1. The molecule has 0 aliphatic carbocycles. The number of ether oxygens (including phenoxy) is 4. The number of sulfone groups is 1. The van der Waals surface area contributed by atoms with E-state index in [-0.39, 0.29) is 42.9 Å². The van der Waals surface area contributed by atoms with Gasteiger partial charge in [-0.3, -0.25) is 4.90 Å². The molecule has 12 nitrogen and oxygen atoms in total. The van der Waals surface area contributed by atoms with Gasteiger partial charge in [-0.15, -0.1) is 0 Å². The Balaban J connectivity index is 2.14. The van der Waals surface area contributed by atoms with Gasteiger partial charge in [0.2, 0.25) is 0 Å². The van der Waals surface area contributed by atoms with Crippen molar-refractivity contribution in [2.75, 3.05) is 27.1 Å². The molecule has 0 spiro atoms. The summed E-state index contributed by atoms with van der Waals surface area (Å²) in [5.41, 5.74) is -0.130. The van der Waals surface area contributed by atoms with Crippen LogP contribution in [0, 0.1) is 0 Å². The number of aliphatic hydroxyl groups is 1. The second-order valence-corrected chi connectivity index (χ2v) is 21.7. The minimum Gasteiger partial charge on any atom is -0.445 e. The molecule has 5 atom stereocenters. The Morgan fingerprint density at radius 3 is 2.14 bits per heavy atom. The summed E-state index contributed by atoms with van der Waals surface area (Å²) in [5, 5.41) is 13.1. The topological polar surface area (TPSA) is 150 Å². The summed E-state index contributed by atoms with van der Waals surface area (Å²) >= 11 is 0. The monoisotopic (exact) mass is 722 g/mol. The van der Waals surface area contributed by atoms with E-state index in [1.54, 1.807) is 51.1 Å². The van der Waals surface area contributed by atoms with E-state index in [2.05, 4.69) is 5.32 Å². The molecule has 1 aliphatic heterocycles. The number of likely N-dealkylation sites (tertiary alicyclic amines) is 1. The van der Waals surface area contributed by atoms with Crippen LogP contribution < -0.4 is 5.32 Å². The lowest BCUT2D eigenvalue weighted by Gasteiger charge is -2.41. The van der Waals surface area contributed by atoms with E-state index in [1.807, 2.05) is 52.1 Å². The molecule has 1 fully saturated rings. The molecule has 0 unspecified atom stereocenters.